The lowest BCUT2D eigenvalue weighted by Crippen LogP contribution is -1.95. The summed E-state index contributed by atoms with van der Waals surface area (Å²) in [5, 5.41) is 4.00. The molecule has 5 rings (SSSR count). The molecule has 0 radical (unpaired) electrons. The Hall–Kier alpha value is -3.73. The number of H-pyrrole nitrogens is 1. The minimum absolute atomic E-state index is 0.628. The molecule has 28 heavy (non-hydrogen) atoms. The van der Waals surface area contributed by atoms with Crippen LogP contribution in [-0.4, -0.2) is 27.0 Å². The van der Waals surface area contributed by atoms with Crippen molar-refractivity contribution >= 4 is 27.9 Å². The summed E-state index contributed by atoms with van der Waals surface area (Å²) < 4.78 is 0. The van der Waals surface area contributed by atoms with Gasteiger partial charge in [0, 0.05) is 24.2 Å². The number of nitrogens with zero attached hydrogens (tertiary/aromatic N) is 3. The van der Waals surface area contributed by atoms with Crippen molar-refractivity contribution in [2.24, 2.45) is 0 Å². The average molecular weight is 365 g/mol. The van der Waals surface area contributed by atoms with E-state index in [1.807, 2.05) is 43.6 Å². The maximum absolute atomic E-state index is 4.73. The summed E-state index contributed by atoms with van der Waals surface area (Å²) in [6.07, 6.45) is 1.86. The molecule has 2 aromatic heterocycles. The molecule has 0 saturated heterocycles. The zero-order chi connectivity index (χ0) is 19.1. The highest BCUT2D eigenvalue weighted by Crippen LogP contribution is 2.31. The van der Waals surface area contributed by atoms with Gasteiger partial charge in [0.1, 0.15) is 5.82 Å². The van der Waals surface area contributed by atoms with Gasteiger partial charge in [0.05, 0.1) is 16.6 Å². The number of nitrogens with one attached hydrogen (secondary N) is 2. The van der Waals surface area contributed by atoms with Crippen molar-refractivity contribution in [3.8, 4) is 22.5 Å². The number of aromatic amines is 1. The summed E-state index contributed by atoms with van der Waals surface area (Å²) in [6.45, 7) is 2.13. The van der Waals surface area contributed by atoms with Crippen molar-refractivity contribution in [3.63, 3.8) is 0 Å². The van der Waals surface area contributed by atoms with Crippen LogP contribution in [0, 0.1) is 6.92 Å². The fourth-order valence-electron chi connectivity index (χ4n) is 3.49. The molecular formula is C23H19N5. The molecule has 2 heterocycles. The van der Waals surface area contributed by atoms with Gasteiger partial charge in [-0.25, -0.2) is 15.0 Å². The lowest BCUT2D eigenvalue weighted by atomic mass is 9.97. The van der Waals surface area contributed by atoms with Crippen molar-refractivity contribution < 1.29 is 0 Å². The van der Waals surface area contributed by atoms with Gasteiger partial charge >= 0.3 is 0 Å². The van der Waals surface area contributed by atoms with Crippen LogP contribution in [0.5, 0.6) is 0 Å². The second-order valence-corrected chi connectivity index (χ2v) is 6.85. The molecule has 0 aliphatic rings. The molecule has 2 N–H and O–H groups in total. The molecule has 5 aromatic rings. The third-order valence-electron chi connectivity index (χ3n) is 5.01. The Labute approximate surface area is 162 Å². The molecule has 0 unspecified atom stereocenters. The van der Waals surface area contributed by atoms with Crippen LogP contribution in [0.3, 0.4) is 0 Å². The number of imidazole rings is 1. The molecule has 0 atom stereocenters. The maximum Gasteiger partial charge on any atom is 0.222 e. The number of benzene rings is 3. The lowest BCUT2D eigenvalue weighted by molar-refractivity contribution is 1.19. The third-order valence-corrected chi connectivity index (χ3v) is 5.01. The normalized spacial score (nSPS) is 11.2. The van der Waals surface area contributed by atoms with Crippen molar-refractivity contribution in [1.82, 2.24) is 19.9 Å². The molecule has 0 amide bonds. The maximum atomic E-state index is 4.73. The van der Waals surface area contributed by atoms with Gasteiger partial charge in [-0.15, -0.1) is 0 Å². The molecule has 0 fully saturated rings. The monoisotopic (exact) mass is 365 g/mol. The number of fused-ring (bicyclic) bond motifs is 2. The van der Waals surface area contributed by atoms with Crippen LogP contribution in [0.25, 0.3) is 44.5 Å². The Morgan fingerprint density at radius 3 is 2.57 bits per heavy atom. The number of anilines is 1. The second-order valence-electron chi connectivity index (χ2n) is 6.85. The SMILES string of the molecule is CNc1ncc2cc(-c3cc(-c4nc5ccccc5[nH]4)ccc3C)ccc2n1. The Bertz CT molecular complexity index is 1290. The largest absolute Gasteiger partial charge is 0.357 e. The zero-order valence-corrected chi connectivity index (χ0v) is 15.7. The number of para-hydroxylation sites is 2. The predicted molar refractivity (Wildman–Crippen MR) is 114 cm³/mol. The molecule has 3 aromatic carbocycles. The van der Waals surface area contributed by atoms with Gasteiger partial charge in [-0.2, -0.15) is 0 Å². The predicted octanol–water partition coefficient (Wildman–Crippen LogP) is 5.19. The minimum Gasteiger partial charge on any atom is -0.357 e. The molecule has 5 heteroatoms. The lowest BCUT2D eigenvalue weighted by Gasteiger charge is -2.10. The van der Waals surface area contributed by atoms with E-state index in [9.17, 15) is 0 Å². The Kier molecular flexibility index (Phi) is 3.79. The fraction of sp³-hybridized carbons (Fsp3) is 0.0870. The Morgan fingerprint density at radius 2 is 1.71 bits per heavy atom. The summed E-state index contributed by atoms with van der Waals surface area (Å²) in [6, 6.07) is 20.8. The molecule has 5 nitrogen and oxygen atoms in total. The van der Waals surface area contributed by atoms with Crippen LogP contribution < -0.4 is 5.32 Å². The summed E-state index contributed by atoms with van der Waals surface area (Å²) >= 11 is 0. The van der Waals surface area contributed by atoms with E-state index in [0.717, 1.165) is 38.9 Å². The van der Waals surface area contributed by atoms with Gasteiger partial charge < -0.3 is 10.3 Å². The standard InChI is InChI=1S/C23H19N5/c1-14-7-8-16(22-26-20-5-3-4-6-21(20)27-22)12-18(14)15-9-10-19-17(11-15)13-25-23(24-2)28-19/h3-13H,1-2H3,(H,26,27)(H,24,25,28). The topological polar surface area (TPSA) is 66.5 Å². The van der Waals surface area contributed by atoms with E-state index in [2.05, 4.69) is 57.5 Å². The first-order valence-electron chi connectivity index (χ1n) is 9.22. The second kappa shape index (κ2) is 6.46. The van der Waals surface area contributed by atoms with Crippen molar-refractivity contribution in [2.45, 2.75) is 6.92 Å². The van der Waals surface area contributed by atoms with Crippen molar-refractivity contribution in [1.29, 1.82) is 0 Å². The fourth-order valence-corrected chi connectivity index (χ4v) is 3.49. The van der Waals surface area contributed by atoms with Crippen LogP contribution in [0.1, 0.15) is 5.56 Å². The highest BCUT2D eigenvalue weighted by atomic mass is 15.1. The Balaban J connectivity index is 1.61. The number of rotatable bonds is 3. The number of aromatic nitrogens is 4. The van der Waals surface area contributed by atoms with Gasteiger partial charge in [-0.1, -0.05) is 30.3 Å². The van der Waals surface area contributed by atoms with Crippen molar-refractivity contribution in [2.75, 3.05) is 12.4 Å². The van der Waals surface area contributed by atoms with Gasteiger partial charge in [0.2, 0.25) is 5.95 Å². The number of hydrogen-bond donors (Lipinski definition) is 2. The summed E-state index contributed by atoms with van der Waals surface area (Å²) in [7, 11) is 1.82. The number of hydrogen-bond acceptors (Lipinski definition) is 4. The first kappa shape index (κ1) is 16.4. The van der Waals surface area contributed by atoms with Gasteiger partial charge in [0.15, 0.2) is 0 Å². The van der Waals surface area contributed by atoms with Crippen molar-refractivity contribution in [3.05, 3.63) is 72.4 Å². The number of aryl methyl sites for hydroxylation is 1. The van der Waals surface area contributed by atoms with Gasteiger partial charge in [-0.3, -0.25) is 0 Å². The van der Waals surface area contributed by atoms with E-state index >= 15 is 0 Å². The molecular weight excluding hydrogens is 346 g/mol. The van der Waals surface area contributed by atoms with Gasteiger partial charge in [-0.05, 0) is 53.9 Å². The first-order chi connectivity index (χ1) is 13.7. The highest BCUT2D eigenvalue weighted by Gasteiger charge is 2.10. The molecule has 136 valence electrons. The van der Waals surface area contributed by atoms with Crippen LogP contribution in [-0.2, 0) is 0 Å². The molecule has 0 aliphatic carbocycles. The first-order valence-corrected chi connectivity index (χ1v) is 9.22. The molecule has 0 spiro atoms. The molecule has 0 saturated carbocycles. The van der Waals surface area contributed by atoms with E-state index in [0.29, 0.717) is 5.95 Å². The Morgan fingerprint density at radius 1 is 0.857 bits per heavy atom. The van der Waals surface area contributed by atoms with E-state index in [-0.39, 0.29) is 0 Å². The third kappa shape index (κ3) is 2.77. The quantitative estimate of drug-likeness (QED) is 0.462. The van der Waals surface area contributed by atoms with E-state index in [1.54, 1.807) is 0 Å². The summed E-state index contributed by atoms with van der Waals surface area (Å²) in [4.78, 5) is 17.0. The van der Waals surface area contributed by atoms with Crippen LogP contribution in [0.15, 0.2) is 66.9 Å². The van der Waals surface area contributed by atoms with E-state index in [1.165, 1.54) is 11.1 Å². The smallest absolute Gasteiger partial charge is 0.222 e. The van der Waals surface area contributed by atoms with Crippen LogP contribution in [0.2, 0.25) is 0 Å². The van der Waals surface area contributed by atoms with Gasteiger partial charge in [0.25, 0.3) is 0 Å². The highest BCUT2D eigenvalue weighted by molar-refractivity contribution is 5.86. The molecule has 0 bridgehead atoms. The van der Waals surface area contributed by atoms with Crippen LogP contribution >= 0.6 is 0 Å². The minimum atomic E-state index is 0.628. The average Bonchev–Trinajstić information content (AvgIpc) is 3.17. The zero-order valence-electron chi connectivity index (χ0n) is 15.7. The van der Waals surface area contributed by atoms with Crippen LogP contribution in [0.4, 0.5) is 5.95 Å². The van der Waals surface area contributed by atoms with E-state index < -0.39 is 0 Å². The molecule has 0 aliphatic heterocycles. The summed E-state index contributed by atoms with van der Waals surface area (Å²) in [5.41, 5.74) is 7.55. The van der Waals surface area contributed by atoms with E-state index in [4.69, 9.17) is 4.98 Å². The summed E-state index contributed by atoms with van der Waals surface area (Å²) in [5.74, 6) is 1.51.